The van der Waals surface area contributed by atoms with Crippen molar-refractivity contribution in [3.63, 3.8) is 0 Å². The van der Waals surface area contributed by atoms with Crippen LogP contribution in [0.5, 0.6) is 0 Å². The van der Waals surface area contributed by atoms with E-state index in [1.807, 2.05) is 0 Å². The summed E-state index contributed by atoms with van der Waals surface area (Å²) in [5, 5.41) is 10.1. The molecule has 1 fully saturated rings. The number of nitrogens with zero attached hydrogens (tertiary/aromatic N) is 2. The maximum Gasteiger partial charge on any atom is 0.265 e. The maximum absolute atomic E-state index is 13.8. The number of halogens is 1. The Balaban J connectivity index is 1.77. The van der Waals surface area contributed by atoms with Gasteiger partial charge in [-0.15, -0.1) is 11.3 Å². The fraction of sp³-hybridized carbons (Fsp3) is 0.375. The zero-order valence-electron chi connectivity index (χ0n) is 12.2. The summed E-state index contributed by atoms with van der Waals surface area (Å²) in [5.74, 6) is -0.308. The lowest BCUT2D eigenvalue weighted by atomic mass is 10.0. The number of aliphatic hydroxyl groups excluding tert-OH is 1. The Kier molecular flexibility index (Phi) is 4.22. The highest BCUT2D eigenvalue weighted by molar-refractivity contribution is 7.16. The predicted molar refractivity (Wildman–Crippen MR) is 83.2 cm³/mol. The number of carbonyl (C=O) groups is 1. The van der Waals surface area contributed by atoms with Gasteiger partial charge in [-0.3, -0.25) is 4.79 Å². The summed E-state index contributed by atoms with van der Waals surface area (Å²) in [6, 6.07) is 6.40. The molecule has 1 aliphatic heterocycles. The lowest BCUT2D eigenvalue weighted by Crippen LogP contribution is -2.29. The Morgan fingerprint density at radius 1 is 1.50 bits per heavy atom. The lowest BCUT2D eigenvalue weighted by Gasteiger charge is -2.16. The number of aromatic nitrogens is 1. The van der Waals surface area contributed by atoms with Crippen molar-refractivity contribution in [3.05, 3.63) is 41.2 Å². The zero-order valence-corrected chi connectivity index (χ0v) is 13.0. The van der Waals surface area contributed by atoms with E-state index < -0.39 is 6.10 Å². The Bertz CT molecular complexity index is 686. The van der Waals surface area contributed by atoms with E-state index in [1.54, 1.807) is 30.0 Å². The molecule has 2 atom stereocenters. The van der Waals surface area contributed by atoms with Crippen molar-refractivity contribution in [2.45, 2.75) is 19.4 Å². The summed E-state index contributed by atoms with van der Waals surface area (Å²) in [6.45, 7) is 2.95. The number of amides is 1. The number of benzene rings is 1. The normalized spacial score (nSPS) is 19.4. The van der Waals surface area contributed by atoms with Crippen LogP contribution in [-0.2, 0) is 0 Å². The number of hydrogen-bond acceptors (Lipinski definition) is 4. The average molecular weight is 320 g/mol. The summed E-state index contributed by atoms with van der Waals surface area (Å²) in [4.78, 5) is 18.9. The molecule has 1 N–H and O–H groups in total. The van der Waals surface area contributed by atoms with Crippen molar-refractivity contribution >= 4 is 17.2 Å². The number of thiazole rings is 1. The Hall–Kier alpha value is -1.79. The van der Waals surface area contributed by atoms with Crippen molar-refractivity contribution in [1.82, 2.24) is 9.88 Å². The van der Waals surface area contributed by atoms with Crippen LogP contribution in [0, 0.1) is 11.7 Å². The molecule has 3 rings (SSSR count). The van der Waals surface area contributed by atoms with Gasteiger partial charge in [0.15, 0.2) is 0 Å². The molecule has 1 saturated heterocycles. The molecule has 0 radical (unpaired) electrons. The van der Waals surface area contributed by atoms with Crippen LogP contribution in [0.15, 0.2) is 30.5 Å². The largest absolute Gasteiger partial charge is 0.393 e. The summed E-state index contributed by atoms with van der Waals surface area (Å²) in [6.07, 6.45) is 1.90. The molecule has 116 valence electrons. The molecule has 2 unspecified atom stereocenters. The Labute approximate surface area is 132 Å². The van der Waals surface area contributed by atoms with Gasteiger partial charge in [-0.05, 0) is 25.5 Å². The summed E-state index contributed by atoms with van der Waals surface area (Å²) in [7, 11) is 0. The van der Waals surface area contributed by atoms with E-state index in [4.69, 9.17) is 0 Å². The second-order valence-corrected chi connectivity index (χ2v) is 6.58. The first kappa shape index (κ1) is 15.1. The average Bonchev–Trinajstić information content (AvgIpc) is 3.17. The minimum atomic E-state index is -0.409. The second kappa shape index (κ2) is 6.14. The van der Waals surface area contributed by atoms with Crippen LogP contribution in [-0.4, -0.2) is 40.1 Å². The predicted octanol–water partition coefficient (Wildman–Crippen LogP) is 2.79. The molecule has 0 aliphatic carbocycles. The number of hydrogen-bond donors (Lipinski definition) is 1. The highest BCUT2D eigenvalue weighted by Gasteiger charge is 2.30. The minimum Gasteiger partial charge on any atom is -0.393 e. The van der Waals surface area contributed by atoms with Crippen molar-refractivity contribution in [3.8, 4) is 10.6 Å². The molecule has 4 nitrogen and oxygen atoms in total. The van der Waals surface area contributed by atoms with E-state index in [9.17, 15) is 14.3 Å². The molecule has 22 heavy (non-hydrogen) atoms. The van der Waals surface area contributed by atoms with Gasteiger partial charge in [0.05, 0.1) is 12.3 Å². The van der Waals surface area contributed by atoms with Gasteiger partial charge in [0.1, 0.15) is 15.7 Å². The molecule has 2 aromatic rings. The third-order valence-electron chi connectivity index (χ3n) is 4.01. The summed E-state index contributed by atoms with van der Waals surface area (Å²) < 4.78 is 13.8. The fourth-order valence-corrected chi connectivity index (χ4v) is 3.56. The molecule has 1 aromatic carbocycles. The molecule has 0 saturated carbocycles. The molecule has 1 aromatic heterocycles. The number of rotatable bonds is 3. The van der Waals surface area contributed by atoms with Gasteiger partial charge < -0.3 is 10.0 Å². The minimum absolute atomic E-state index is 0.0942. The molecular formula is C16H17FN2O2S. The lowest BCUT2D eigenvalue weighted by molar-refractivity contribution is 0.0767. The van der Waals surface area contributed by atoms with E-state index in [2.05, 4.69) is 4.98 Å². The monoisotopic (exact) mass is 320 g/mol. The van der Waals surface area contributed by atoms with Crippen LogP contribution in [0.2, 0.25) is 0 Å². The number of carbonyl (C=O) groups excluding carboxylic acids is 1. The zero-order chi connectivity index (χ0) is 15.7. The van der Waals surface area contributed by atoms with Crippen LogP contribution >= 0.6 is 11.3 Å². The summed E-state index contributed by atoms with van der Waals surface area (Å²) >= 11 is 1.20. The maximum atomic E-state index is 13.8. The van der Waals surface area contributed by atoms with Gasteiger partial charge >= 0.3 is 0 Å². The second-order valence-electron chi connectivity index (χ2n) is 5.55. The molecule has 1 aliphatic rings. The van der Waals surface area contributed by atoms with Crippen LogP contribution in [0.3, 0.4) is 0 Å². The topological polar surface area (TPSA) is 53.4 Å². The van der Waals surface area contributed by atoms with Gasteiger partial charge in [0.25, 0.3) is 5.91 Å². The Morgan fingerprint density at radius 2 is 2.27 bits per heavy atom. The van der Waals surface area contributed by atoms with E-state index in [0.29, 0.717) is 28.5 Å². The van der Waals surface area contributed by atoms with E-state index in [0.717, 1.165) is 6.42 Å². The summed E-state index contributed by atoms with van der Waals surface area (Å²) in [5.41, 5.74) is 0.412. The van der Waals surface area contributed by atoms with E-state index in [1.165, 1.54) is 23.6 Å². The standard InChI is InChI=1S/C16H17FN2O2S/c1-10(20)11-6-7-19(9-11)16(21)14-8-18-15(22-14)12-4-2-3-5-13(12)17/h2-5,8,10-11,20H,6-7,9H2,1H3. The smallest absolute Gasteiger partial charge is 0.265 e. The quantitative estimate of drug-likeness (QED) is 0.946. The molecule has 0 bridgehead atoms. The van der Waals surface area contributed by atoms with Crippen molar-refractivity contribution in [1.29, 1.82) is 0 Å². The van der Waals surface area contributed by atoms with Crippen molar-refractivity contribution in [2.24, 2.45) is 5.92 Å². The van der Waals surface area contributed by atoms with E-state index in [-0.39, 0.29) is 17.6 Å². The van der Waals surface area contributed by atoms with Crippen molar-refractivity contribution < 1.29 is 14.3 Å². The number of likely N-dealkylation sites (tertiary alicyclic amines) is 1. The molecule has 2 heterocycles. The highest BCUT2D eigenvalue weighted by atomic mass is 32.1. The molecule has 1 amide bonds. The first-order valence-corrected chi connectivity index (χ1v) is 8.06. The van der Waals surface area contributed by atoms with Gasteiger partial charge in [-0.25, -0.2) is 9.37 Å². The van der Waals surface area contributed by atoms with Crippen LogP contribution in [0.4, 0.5) is 4.39 Å². The fourth-order valence-electron chi connectivity index (χ4n) is 2.65. The molecule has 0 spiro atoms. The highest BCUT2D eigenvalue weighted by Crippen LogP contribution is 2.29. The van der Waals surface area contributed by atoms with Crippen LogP contribution in [0.25, 0.3) is 10.6 Å². The van der Waals surface area contributed by atoms with Gasteiger partial charge in [-0.1, -0.05) is 12.1 Å². The van der Waals surface area contributed by atoms with Crippen LogP contribution < -0.4 is 0 Å². The number of aliphatic hydroxyl groups is 1. The molecule has 6 heteroatoms. The Morgan fingerprint density at radius 3 is 2.95 bits per heavy atom. The van der Waals surface area contributed by atoms with E-state index >= 15 is 0 Å². The van der Waals surface area contributed by atoms with Gasteiger partial charge in [0.2, 0.25) is 0 Å². The SMILES string of the molecule is CC(O)C1CCN(C(=O)c2cnc(-c3ccccc3F)s2)C1. The first-order valence-electron chi connectivity index (χ1n) is 7.24. The van der Waals surface area contributed by atoms with Crippen LogP contribution in [0.1, 0.15) is 23.0 Å². The third-order valence-corrected chi connectivity index (χ3v) is 5.03. The first-order chi connectivity index (χ1) is 10.6. The van der Waals surface area contributed by atoms with Crippen molar-refractivity contribution in [2.75, 3.05) is 13.1 Å². The molecular weight excluding hydrogens is 303 g/mol. The van der Waals surface area contributed by atoms with Gasteiger partial charge in [0, 0.05) is 24.6 Å². The third kappa shape index (κ3) is 2.89. The van der Waals surface area contributed by atoms with Gasteiger partial charge in [-0.2, -0.15) is 0 Å².